The van der Waals surface area contributed by atoms with Gasteiger partial charge in [0.05, 0.1) is 16.0 Å². The molecule has 0 saturated heterocycles. The van der Waals surface area contributed by atoms with Crippen LogP contribution in [-0.2, 0) is 14.8 Å². The molecular weight excluding hydrogens is 298 g/mol. The van der Waals surface area contributed by atoms with Crippen LogP contribution in [0.5, 0.6) is 5.75 Å². The van der Waals surface area contributed by atoms with Crippen LogP contribution in [0.1, 0.15) is 0 Å². The van der Waals surface area contributed by atoms with E-state index in [1.807, 2.05) is 0 Å². The van der Waals surface area contributed by atoms with Crippen LogP contribution in [0, 0.1) is 0 Å². The lowest BCUT2D eigenvalue weighted by Gasteiger charge is -2.08. The molecular formula is C9H12BrNO4S. The zero-order valence-corrected chi connectivity index (χ0v) is 11.0. The van der Waals surface area contributed by atoms with Gasteiger partial charge in [-0.1, -0.05) is 0 Å². The summed E-state index contributed by atoms with van der Waals surface area (Å²) < 4.78 is 32.8. The number of hydrogen-bond donors (Lipinski definition) is 1. The first-order valence-corrected chi connectivity index (χ1v) is 6.73. The summed E-state index contributed by atoms with van der Waals surface area (Å²) in [6.45, 7) is 0.854. The van der Waals surface area contributed by atoms with Crippen LogP contribution in [0.25, 0.3) is 0 Å². The van der Waals surface area contributed by atoms with Gasteiger partial charge in [0, 0.05) is 7.11 Å². The number of nitrogens with two attached hydrogens (primary N) is 1. The number of primary sulfonamides is 1. The zero-order valence-electron chi connectivity index (χ0n) is 8.64. The highest BCUT2D eigenvalue weighted by molar-refractivity contribution is 9.10. The molecule has 0 aliphatic heterocycles. The Bertz CT molecular complexity index is 461. The average Bonchev–Trinajstić information content (AvgIpc) is 2.19. The van der Waals surface area contributed by atoms with Crippen molar-refractivity contribution < 1.29 is 17.9 Å². The summed E-state index contributed by atoms with van der Waals surface area (Å²) in [5.41, 5.74) is 0. The fourth-order valence-corrected chi connectivity index (χ4v) is 2.20. The molecule has 90 valence electrons. The van der Waals surface area contributed by atoms with Crippen molar-refractivity contribution in [2.45, 2.75) is 4.90 Å². The summed E-state index contributed by atoms with van der Waals surface area (Å²) in [5.74, 6) is 0.546. The largest absolute Gasteiger partial charge is 0.490 e. The molecule has 1 aromatic rings. The van der Waals surface area contributed by atoms with E-state index in [0.717, 1.165) is 0 Å². The first kappa shape index (κ1) is 13.4. The van der Waals surface area contributed by atoms with Gasteiger partial charge in [0.15, 0.2) is 0 Å². The Hall–Kier alpha value is -0.630. The third-order valence-electron chi connectivity index (χ3n) is 1.78. The van der Waals surface area contributed by atoms with E-state index in [0.29, 0.717) is 23.4 Å². The molecule has 0 bridgehead atoms. The summed E-state index contributed by atoms with van der Waals surface area (Å²) in [6.07, 6.45) is 0. The molecule has 0 amide bonds. The lowest BCUT2D eigenvalue weighted by molar-refractivity contribution is 0.146. The number of halogens is 1. The SMILES string of the molecule is COCCOc1ccc(S(N)(=O)=O)cc1Br. The number of sulfonamides is 1. The van der Waals surface area contributed by atoms with Gasteiger partial charge in [-0.05, 0) is 34.1 Å². The van der Waals surface area contributed by atoms with E-state index in [-0.39, 0.29) is 4.90 Å². The number of rotatable bonds is 5. The monoisotopic (exact) mass is 309 g/mol. The Labute approximate surface area is 103 Å². The second-order valence-electron chi connectivity index (χ2n) is 2.98. The van der Waals surface area contributed by atoms with Crippen molar-refractivity contribution in [1.82, 2.24) is 0 Å². The third kappa shape index (κ3) is 3.75. The van der Waals surface area contributed by atoms with Gasteiger partial charge in [0.1, 0.15) is 12.4 Å². The molecule has 2 N–H and O–H groups in total. The number of methoxy groups -OCH3 is 1. The van der Waals surface area contributed by atoms with Gasteiger partial charge in [-0.2, -0.15) is 0 Å². The fourth-order valence-electron chi connectivity index (χ4n) is 1.01. The molecule has 1 aromatic carbocycles. The minimum absolute atomic E-state index is 0.0402. The van der Waals surface area contributed by atoms with Crippen molar-refractivity contribution in [3.05, 3.63) is 22.7 Å². The second kappa shape index (κ2) is 5.62. The van der Waals surface area contributed by atoms with Crippen molar-refractivity contribution in [1.29, 1.82) is 0 Å². The zero-order chi connectivity index (χ0) is 12.2. The highest BCUT2D eigenvalue weighted by Crippen LogP contribution is 2.27. The maximum Gasteiger partial charge on any atom is 0.238 e. The molecule has 7 heteroatoms. The molecule has 5 nitrogen and oxygen atoms in total. The molecule has 0 unspecified atom stereocenters. The van der Waals surface area contributed by atoms with Crippen LogP contribution in [0.3, 0.4) is 0 Å². The molecule has 1 rings (SSSR count). The van der Waals surface area contributed by atoms with Crippen molar-refractivity contribution in [2.24, 2.45) is 5.14 Å². The van der Waals surface area contributed by atoms with Gasteiger partial charge in [0.25, 0.3) is 0 Å². The predicted octanol–water partition coefficient (Wildman–Crippen LogP) is 1.12. The Kier molecular flexibility index (Phi) is 4.72. The van der Waals surface area contributed by atoms with Crippen molar-refractivity contribution in [3.8, 4) is 5.75 Å². The molecule has 16 heavy (non-hydrogen) atoms. The minimum Gasteiger partial charge on any atom is -0.490 e. The van der Waals surface area contributed by atoms with Gasteiger partial charge in [-0.3, -0.25) is 0 Å². The molecule has 0 radical (unpaired) electrons. The van der Waals surface area contributed by atoms with Crippen LogP contribution >= 0.6 is 15.9 Å². The highest BCUT2D eigenvalue weighted by Gasteiger charge is 2.10. The molecule has 0 heterocycles. The Morgan fingerprint density at radius 3 is 2.56 bits per heavy atom. The summed E-state index contributed by atoms with van der Waals surface area (Å²) in [4.78, 5) is 0.0402. The quantitative estimate of drug-likeness (QED) is 0.827. The first-order chi connectivity index (χ1) is 7.45. The lowest BCUT2D eigenvalue weighted by atomic mass is 10.3. The van der Waals surface area contributed by atoms with E-state index in [4.69, 9.17) is 14.6 Å². The Balaban J connectivity index is 2.84. The summed E-state index contributed by atoms with van der Waals surface area (Å²) in [7, 11) is -2.11. The minimum atomic E-state index is -3.68. The van der Waals surface area contributed by atoms with Crippen LogP contribution < -0.4 is 9.88 Å². The number of hydrogen-bond acceptors (Lipinski definition) is 4. The predicted molar refractivity (Wildman–Crippen MR) is 62.9 cm³/mol. The topological polar surface area (TPSA) is 78.6 Å². The molecule has 0 aromatic heterocycles. The van der Waals surface area contributed by atoms with Gasteiger partial charge < -0.3 is 9.47 Å². The number of benzene rings is 1. The van der Waals surface area contributed by atoms with E-state index >= 15 is 0 Å². The molecule has 0 saturated carbocycles. The molecule has 0 fully saturated rings. The van der Waals surface area contributed by atoms with E-state index in [1.165, 1.54) is 12.1 Å². The molecule has 0 aliphatic rings. The Morgan fingerprint density at radius 2 is 2.06 bits per heavy atom. The Morgan fingerprint density at radius 1 is 1.38 bits per heavy atom. The fraction of sp³-hybridized carbons (Fsp3) is 0.333. The first-order valence-electron chi connectivity index (χ1n) is 4.39. The van der Waals surface area contributed by atoms with E-state index in [1.54, 1.807) is 13.2 Å². The standard InChI is InChI=1S/C9H12BrNO4S/c1-14-4-5-15-9-3-2-7(6-8(9)10)16(11,12)13/h2-3,6H,4-5H2,1H3,(H2,11,12,13). The van der Waals surface area contributed by atoms with Gasteiger partial charge in [-0.15, -0.1) is 0 Å². The van der Waals surface area contributed by atoms with Crippen molar-refractivity contribution in [3.63, 3.8) is 0 Å². The van der Waals surface area contributed by atoms with Gasteiger partial charge in [0.2, 0.25) is 10.0 Å². The summed E-state index contributed by atoms with van der Waals surface area (Å²) in [6, 6.07) is 4.33. The maximum atomic E-state index is 11.1. The molecule has 0 aliphatic carbocycles. The van der Waals surface area contributed by atoms with Gasteiger partial charge >= 0.3 is 0 Å². The summed E-state index contributed by atoms with van der Waals surface area (Å²) in [5, 5.41) is 4.99. The van der Waals surface area contributed by atoms with Crippen LogP contribution in [0.2, 0.25) is 0 Å². The van der Waals surface area contributed by atoms with E-state index in [9.17, 15) is 8.42 Å². The highest BCUT2D eigenvalue weighted by atomic mass is 79.9. The van der Waals surface area contributed by atoms with E-state index in [2.05, 4.69) is 15.9 Å². The summed E-state index contributed by atoms with van der Waals surface area (Å²) >= 11 is 3.21. The van der Waals surface area contributed by atoms with Crippen LogP contribution in [0.4, 0.5) is 0 Å². The maximum absolute atomic E-state index is 11.1. The average molecular weight is 310 g/mol. The number of ether oxygens (including phenoxy) is 2. The van der Waals surface area contributed by atoms with Gasteiger partial charge in [-0.25, -0.2) is 13.6 Å². The van der Waals surface area contributed by atoms with Crippen LogP contribution in [0.15, 0.2) is 27.6 Å². The van der Waals surface area contributed by atoms with Crippen molar-refractivity contribution >= 4 is 26.0 Å². The normalized spacial score (nSPS) is 11.4. The third-order valence-corrected chi connectivity index (χ3v) is 3.31. The second-order valence-corrected chi connectivity index (χ2v) is 5.39. The van der Waals surface area contributed by atoms with Crippen LogP contribution in [-0.4, -0.2) is 28.7 Å². The molecule has 0 atom stereocenters. The smallest absolute Gasteiger partial charge is 0.238 e. The molecule has 0 spiro atoms. The lowest BCUT2D eigenvalue weighted by Crippen LogP contribution is -2.12. The van der Waals surface area contributed by atoms with E-state index < -0.39 is 10.0 Å². The van der Waals surface area contributed by atoms with Crippen molar-refractivity contribution in [2.75, 3.05) is 20.3 Å².